The monoisotopic (exact) mass is 390 g/mol. The predicted octanol–water partition coefficient (Wildman–Crippen LogP) is 3.73. The first-order chi connectivity index (χ1) is 13.9. The van der Waals surface area contributed by atoms with Gasteiger partial charge in [-0.2, -0.15) is 10.1 Å². The van der Waals surface area contributed by atoms with E-state index in [1.807, 2.05) is 31.2 Å². The van der Waals surface area contributed by atoms with Crippen molar-refractivity contribution in [2.24, 2.45) is 5.10 Å². The Hall–Kier alpha value is -3.74. The van der Waals surface area contributed by atoms with Crippen molar-refractivity contribution < 1.29 is 9.18 Å². The van der Waals surface area contributed by atoms with Crippen molar-refractivity contribution in [3.63, 3.8) is 0 Å². The lowest BCUT2D eigenvalue weighted by Crippen LogP contribution is -2.22. The summed E-state index contributed by atoms with van der Waals surface area (Å²) < 4.78 is 14.7. The second-order valence-electron chi connectivity index (χ2n) is 6.91. The van der Waals surface area contributed by atoms with Gasteiger partial charge in [-0.15, -0.1) is 0 Å². The van der Waals surface area contributed by atoms with Crippen LogP contribution < -0.4 is 10.6 Å². The van der Waals surface area contributed by atoms with Gasteiger partial charge in [0.2, 0.25) is 0 Å². The smallest absolute Gasteiger partial charge is 0.280 e. The van der Waals surface area contributed by atoms with Crippen molar-refractivity contribution in [3.8, 4) is 5.69 Å². The Kier molecular flexibility index (Phi) is 4.50. The summed E-state index contributed by atoms with van der Waals surface area (Å²) in [6.07, 6.45) is 1.56. The van der Waals surface area contributed by atoms with Gasteiger partial charge in [0.25, 0.3) is 11.5 Å². The number of nitrogens with one attached hydrogen (secondary N) is 1. The van der Waals surface area contributed by atoms with E-state index in [2.05, 4.69) is 10.2 Å². The molecule has 0 saturated heterocycles. The molecule has 1 aliphatic rings. The molecule has 0 bridgehead atoms. The van der Waals surface area contributed by atoms with E-state index in [1.54, 1.807) is 19.9 Å². The number of H-pyrrole nitrogens is 1. The van der Waals surface area contributed by atoms with Crippen molar-refractivity contribution in [3.05, 3.63) is 87.1 Å². The SMILES string of the molecule is CC1=NN(c2ccc(F)cc2)C(=O)/C1=C/c1c(C)[nH]n(-c2ccccc2C)c1=O. The van der Waals surface area contributed by atoms with E-state index in [9.17, 15) is 14.0 Å². The lowest BCUT2D eigenvalue weighted by atomic mass is 10.1. The molecule has 0 saturated carbocycles. The molecule has 0 unspecified atom stereocenters. The Labute approximate surface area is 166 Å². The van der Waals surface area contributed by atoms with Crippen molar-refractivity contribution in [2.75, 3.05) is 5.01 Å². The maximum absolute atomic E-state index is 13.2. The van der Waals surface area contributed by atoms with Gasteiger partial charge in [0.15, 0.2) is 0 Å². The molecule has 29 heavy (non-hydrogen) atoms. The van der Waals surface area contributed by atoms with Crippen LogP contribution in [0.4, 0.5) is 10.1 Å². The second kappa shape index (κ2) is 7.01. The molecule has 0 aliphatic carbocycles. The number of aromatic amines is 1. The molecule has 4 rings (SSSR count). The van der Waals surface area contributed by atoms with Crippen LogP contribution in [0.15, 0.2) is 64.0 Å². The maximum Gasteiger partial charge on any atom is 0.280 e. The fourth-order valence-electron chi connectivity index (χ4n) is 3.30. The average Bonchev–Trinajstić information content (AvgIpc) is 3.14. The van der Waals surface area contributed by atoms with Crippen LogP contribution in [0.5, 0.6) is 0 Å². The molecule has 1 aliphatic heterocycles. The van der Waals surface area contributed by atoms with Gasteiger partial charge >= 0.3 is 0 Å². The highest BCUT2D eigenvalue weighted by molar-refractivity contribution is 6.32. The molecule has 0 radical (unpaired) electrons. The Morgan fingerprint density at radius 3 is 2.38 bits per heavy atom. The highest BCUT2D eigenvalue weighted by atomic mass is 19.1. The Morgan fingerprint density at radius 2 is 1.69 bits per heavy atom. The van der Waals surface area contributed by atoms with E-state index < -0.39 is 5.82 Å². The number of carbonyl (C=O) groups excluding carboxylic acids is 1. The molecule has 1 amide bonds. The number of hydrogen-bond donors (Lipinski definition) is 1. The number of rotatable bonds is 3. The molecule has 0 spiro atoms. The summed E-state index contributed by atoms with van der Waals surface area (Å²) in [5, 5.41) is 8.56. The average molecular weight is 390 g/mol. The minimum atomic E-state index is -0.392. The van der Waals surface area contributed by atoms with Crippen LogP contribution in [0, 0.1) is 19.7 Å². The van der Waals surface area contributed by atoms with E-state index in [1.165, 1.54) is 34.0 Å². The third-order valence-electron chi connectivity index (χ3n) is 4.90. The Bertz CT molecular complexity index is 1230. The number of amides is 1. The molecule has 6 nitrogen and oxygen atoms in total. The quantitative estimate of drug-likeness (QED) is 0.693. The third-order valence-corrected chi connectivity index (χ3v) is 4.90. The second-order valence-corrected chi connectivity index (χ2v) is 6.91. The summed E-state index contributed by atoms with van der Waals surface area (Å²) in [5.41, 5.74) is 3.77. The summed E-state index contributed by atoms with van der Waals surface area (Å²) in [4.78, 5) is 25.9. The van der Waals surface area contributed by atoms with Crippen LogP contribution in [0.3, 0.4) is 0 Å². The number of carbonyl (C=O) groups is 1. The van der Waals surface area contributed by atoms with Crippen LogP contribution in [-0.2, 0) is 4.79 Å². The Morgan fingerprint density at radius 1 is 1.00 bits per heavy atom. The summed E-state index contributed by atoms with van der Waals surface area (Å²) in [7, 11) is 0. The van der Waals surface area contributed by atoms with Crippen LogP contribution in [0.2, 0.25) is 0 Å². The first-order valence-corrected chi connectivity index (χ1v) is 9.11. The minimum Gasteiger partial charge on any atom is -0.295 e. The third kappa shape index (κ3) is 3.20. The van der Waals surface area contributed by atoms with Gasteiger partial charge in [0.05, 0.1) is 28.2 Å². The molecule has 1 N–H and O–H groups in total. The molecule has 0 atom stereocenters. The van der Waals surface area contributed by atoms with Gasteiger partial charge in [0, 0.05) is 5.69 Å². The number of nitrogens with zero attached hydrogens (tertiary/aromatic N) is 3. The maximum atomic E-state index is 13.2. The first kappa shape index (κ1) is 18.6. The van der Waals surface area contributed by atoms with Gasteiger partial charge < -0.3 is 0 Å². The fourth-order valence-corrected chi connectivity index (χ4v) is 3.30. The van der Waals surface area contributed by atoms with E-state index in [-0.39, 0.29) is 11.5 Å². The standard InChI is InChI=1S/C22H19FN4O2/c1-13-6-4-5-7-20(13)27-22(29)19(15(3)25-27)12-18-14(2)24-26(21(18)28)17-10-8-16(23)9-11-17/h4-12,25H,1-3H3/b18-12+. The van der Waals surface area contributed by atoms with Gasteiger partial charge in [-0.25, -0.2) is 9.07 Å². The first-order valence-electron chi connectivity index (χ1n) is 9.11. The number of aryl methyl sites for hydroxylation is 2. The van der Waals surface area contributed by atoms with Gasteiger partial charge in [0.1, 0.15) is 5.82 Å². The lowest BCUT2D eigenvalue weighted by Gasteiger charge is -2.11. The van der Waals surface area contributed by atoms with Crippen LogP contribution in [-0.4, -0.2) is 21.4 Å². The van der Waals surface area contributed by atoms with Gasteiger partial charge in [-0.1, -0.05) is 18.2 Å². The highest BCUT2D eigenvalue weighted by Gasteiger charge is 2.29. The van der Waals surface area contributed by atoms with Crippen LogP contribution in [0.1, 0.15) is 23.7 Å². The normalized spacial score (nSPS) is 15.3. The zero-order valence-corrected chi connectivity index (χ0v) is 16.2. The zero-order valence-electron chi connectivity index (χ0n) is 16.2. The molecule has 0 fully saturated rings. The fraction of sp³-hybridized carbons (Fsp3) is 0.136. The summed E-state index contributed by atoms with van der Waals surface area (Å²) in [6, 6.07) is 13.1. The van der Waals surface area contributed by atoms with Crippen LogP contribution in [0.25, 0.3) is 11.8 Å². The largest absolute Gasteiger partial charge is 0.295 e. The van der Waals surface area contributed by atoms with E-state index in [0.29, 0.717) is 28.2 Å². The lowest BCUT2D eigenvalue weighted by molar-refractivity contribution is -0.114. The van der Waals surface area contributed by atoms with Gasteiger partial charge in [-0.05, 0) is 62.7 Å². The van der Waals surface area contributed by atoms with E-state index in [4.69, 9.17) is 0 Å². The highest BCUT2D eigenvalue weighted by Crippen LogP contribution is 2.25. The molecule has 1 aromatic heterocycles. The predicted molar refractivity (Wildman–Crippen MR) is 111 cm³/mol. The summed E-state index contributed by atoms with van der Waals surface area (Å²) in [5.74, 6) is -0.756. The molecule has 7 heteroatoms. The minimum absolute atomic E-state index is 0.245. The Balaban J connectivity index is 1.75. The number of anilines is 1. The summed E-state index contributed by atoms with van der Waals surface area (Å²) in [6.45, 7) is 5.41. The van der Waals surface area contributed by atoms with Crippen molar-refractivity contribution in [1.29, 1.82) is 0 Å². The number of benzene rings is 2. The molecule has 146 valence electrons. The summed E-state index contributed by atoms with van der Waals surface area (Å²) >= 11 is 0. The van der Waals surface area contributed by atoms with Crippen molar-refractivity contribution in [1.82, 2.24) is 9.78 Å². The molecular formula is C22H19FN4O2. The number of aromatic nitrogens is 2. The van der Waals surface area contributed by atoms with Gasteiger partial charge in [-0.3, -0.25) is 14.7 Å². The van der Waals surface area contributed by atoms with Crippen LogP contribution >= 0.6 is 0 Å². The number of halogens is 1. The van der Waals surface area contributed by atoms with E-state index in [0.717, 1.165) is 11.3 Å². The van der Waals surface area contributed by atoms with E-state index >= 15 is 0 Å². The van der Waals surface area contributed by atoms with Crippen molar-refractivity contribution >= 4 is 23.4 Å². The molecule has 2 aromatic carbocycles. The van der Waals surface area contributed by atoms with Crippen molar-refractivity contribution in [2.45, 2.75) is 20.8 Å². The number of para-hydroxylation sites is 1. The molecule has 2 heterocycles. The zero-order chi connectivity index (χ0) is 20.7. The molecule has 3 aromatic rings. The number of hydrazone groups is 1. The topological polar surface area (TPSA) is 70.5 Å². The number of hydrogen-bond acceptors (Lipinski definition) is 3. The molecular weight excluding hydrogens is 371 g/mol.